The molecule has 0 aromatic heterocycles. The summed E-state index contributed by atoms with van der Waals surface area (Å²) in [6.07, 6.45) is 9.32. The number of amidine groups is 1. The van der Waals surface area contributed by atoms with Crippen LogP contribution in [0.5, 0.6) is 5.75 Å². The minimum atomic E-state index is -0.786. The first-order valence-corrected chi connectivity index (χ1v) is 14.2. The fourth-order valence-corrected chi connectivity index (χ4v) is 5.48. The Morgan fingerprint density at radius 1 is 1.05 bits per heavy atom. The minimum Gasteiger partial charge on any atom is -0.493 e. The highest BCUT2D eigenvalue weighted by Crippen LogP contribution is 2.39. The summed E-state index contributed by atoms with van der Waals surface area (Å²) < 4.78 is 6.07. The Balaban J connectivity index is 1.43. The Labute approximate surface area is 227 Å². The van der Waals surface area contributed by atoms with Crippen LogP contribution in [-0.4, -0.2) is 39.9 Å². The van der Waals surface area contributed by atoms with Crippen molar-refractivity contribution in [3.8, 4) is 16.9 Å². The van der Waals surface area contributed by atoms with Gasteiger partial charge in [0.25, 0.3) is 5.91 Å². The lowest BCUT2D eigenvalue weighted by atomic mass is 9.82. The number of rotatable bonds is 12. The highest BCUT2D eigenvalue weighted by Gasteiger charge is 2.48. The van der Waals surface area contributed by atoms with Gasteiger partial charge in [-0.3, -0.25) is 19.5 Å². The molecule has 0 atom stereocenters. The lowest BCUT2D eigenvalue weighted by Gasteiger charge is -2.29. The van der Waals surface area contributed by atoms with Crippen molar-refractivity contribution in [1.82, 2.24) is 4.90 Å². The number of carboxylic acid groups (broad SMARTS) is 1. The van der Waals surface area contributed by atoms with Crippen LogP contribution in [0, 0.1) is 5.41 Å². The van der Waals surface area contributed by atoms with E-state index in [1.54, 1.807) is 13.8 Å². The van der Waals surface area contributed by atoms with Crippen molar-refractivity contribution in [3.63, 3.8) is 0 Å². The topological polar surface area (TPSA) is 79.2 Å². The van der Waals surface area contributed by atoms with Gasteiger partial charge in [-0.1, -0.05) is 75.1 Å². The van der Waals surface area contributed by atoms with Gasteiger partial charge in [-0.05, 0) is 63.1 Å². The largest absolute Gasteiger partial charge is 0.493 e. The highest BCUT2D eigenvalue weighted by atomic mass is 16.5. The zero-order valence-corrected chi connectivity index (χ0v) is 23.2. The number of hydrogen-bond donors (Lipinski definition) is 1. The number of nitrogens with zero attached hydrogens (tertiary/aromatic N) is 2. The molecule has 1 saturated carbocycles. The first kappa shape index (κ1) is 27.9. The Morgan fingerprint density at radius 2 is 1.76 bits per heavy atom. The molecule has 1 spiro atoms. The third-order valence-corrected chi connectivity index (χ3v) is 8.01. The van der Waals surface area contributed by atoms with Crippen molar-refractivity contribution in [1.29, 1.82) is 0 Å². The van der Waals surface area contributed by atoms with Crippen LogP contribution in [0.4, 0.5) is 0 Å². The van der Waals surface area contributed by atoms with Gasteiger partial charge in [-0.2, -0.15) is 0 Å². The molecule has 1 aliphatic carbocycles. The Hall–Kier alpha value is -3.15. The quantitative estimate of drug-likeness (QED) is 0.300. The molecule has 1 N–H and O–H groups in total. The maximum absolute atomic E-state index is 13.6. The normalized spacial score (nSPS) is 17.1. The number of aliphatic carboxylic acids is 1. The van der Waals surface area contributed by atoms with Crippen LogP contribution < -0.4 is 4.74 Å². The number of aliphatic imine (C=N–C) groups is 1. The molecule has 0 radical (unpaired) electrons. The average molecular weight is 519 g/mol. The van der Waals surface area contributed by atoms with Crippen molar-refractivity contribution < 1.29 is 19.4 Å². The smallest absolute Gasteiger partial charge is 0.309 e. The maximum atomic E-state index is 13.6. The lowest BCUT2D eigenvalue weighted by Crippen LogP contribution is -2.43. The zero-order chi connectivity index (χ0) is 27.2. The second-order valence-electron chi connectivity index (χ2n) is 11.4. The van der Waals surface area contributed by atoms with Crippen LogP contribution in [0.25, 0.3) is 11.1 Å². The van der Waals surface area contributed by atoms with Crippen molar-refractivity contribution >= 4 is 17.7 Å². The predicted octanol–water partition coefficient (Wildman–Crippen LogP) is 7.26. The zero-order valence-electron chi connectivity index (χ0n) is 23.2. The summed E-state index contributed by atoms with van der Waals surface area (Å²) in [4.78, 5) is 31.9. The molecule has 1 fully saturated rings. The van der Waals surface area contributed by atoms with Crippen LogP contribution in [0.15, 0.2) is 53.5 Å². The highest BCUT2D eigenvalue weighted by molar-refractivity contribution is 6.08. The molecular weight excluding hydrogens is 476 g/mol. The number of benzene rings is 2. The molecular formula is C32H42N2O4. The van der Waals surface area contributed by atoms with Crippen LogP contribution in [0.2, 0.25) is 0 Å². The van der Waals surface area contributed by atoms with Crippen molar-refractivity contribution in [2.45, 2.75) is 97.1 Å². The number of carbonyl (C=O) groups excluding carboxylic acids is 1. The van der Waals surface area contributed by atoms with Gasteiger partial charge in [-0.25, -0.2) is 0 Å². The molecule has 38 heavy (non-hydrogen) atoms. The molecule has 1 heterocycles. The molecule has 0 unspecified atom stereocenters. The van der Waals surface area contributed by atoms with E-state index in [9.17, 15) is 14.7 Å². The van der Waals surface area contributed by atoms with Crippen LogP contribution in [0.1, 0.15) is 90.5 Å². The average Bonchev–Trinajstić information content (AvgIpc) is 3.16. The van der Waals surface area contributed by atoms with Gasteiger partial charge >= 0.3 is 5.97 Å². The summed E-state index contributed by atoms with van der Waals surface area (Å²) in [7, 11) is 0. The molecule has 204 valence electrons. The summed E-state index contributed by atoms with van der Waals surface area (Å²) in [6, 6.07) is 16.3. The Kier molecular flexibility index (Phi) is 8.91. The predicted molar refractivity (Wildman–Crippen MR) is 151 cm³/mol. The van der Waals surface area contributed by atoms with E-state index in [4.69, 9.17) is 9.73 Å². The van der Waals surface area contributed by atoms with Gasteiger partial charge in [0.05, 0.1) is 18.6 Å². The number of para-hydroxylation sites is 1. The molecule has 2 aliphatic rings. The number of hydrogen-bond acceptors (Lipinski definition) is 4. The fraction of sp³-hybridized carbons (Fsp3) is 0.531. The van der Waals surface area contributed by atoms with E-state index >= 15 is 0 Å². The first-order chi connectivity index (χ1) is 18.3. The van der Waals surface area contributed by atoms with E-state index in [1.807, 2.05) is 29.2 Å². The molecule has 0 saturated heterocycles. The first-order valence-electron chi connectivity index (χ1n) is 14.2. The van der Waals surface area contributed by atoms with Gasteiger partial charge in [0.15, 0.2) is 0 Å². The van der Waals surface area contributed by atoms with Crippen molar-refractivity contribution in [2.75, 3.05) is 6.61 Å². The van der Waals surface area contributed by atoms with E-state index in [0.29, 0.717) is 26.0 Å². The Bertz CT molecular complexity index is 1150. The standard InChI is InChI=1S/C32H42N2O4/c1-4-5-14-28-33-32(20-9-6-10-21-32)29(35)34(28)23-24-15-17-25(18-16-24)26-12-7-8-13-27(26)38-22-11-19-31(2,3)30(36)37/h7-8,12-13,15-18H,4-6,9-11,14,19-23H2,1-3H3,(H,36,37). The van der Waals surface area contributed by atoms with Crippen molar-refractivity contribution in [2.24, 2.45) is 10.4 Å². The Morgan fingerprint density at radius 3 is 2.45 bits per heavy atom. The van der Waals surface area contributed by atoms with Gasteiger partial charge in [-0.15, -0.1) is 0 Å². The number of carboxylic acids is 1. The van der Waals surface area contributed by atoms with Crippen molar-refractivity contribution in [3.05, 3.63) is 54.1 Å². The number of ether oxygens (including phenoxy) is 1. The summed E-state index contributed by atoms with van der Waals surface area (Å²) >= 11 is 0. The summed E-state index contributed by atoms with van der Waals surface area (Å²) in [5, 5.41) is 9.33. The summed E-state index contributed by atoms with van der Waals surface area (Å²) in [5.41, 5.74) is 1.87. The molecule has 0 bridgehead atoms. The van der Waals surface area contributed by atoms with E-state index in [2.05, 4.69) is 31.2 Å². The molecule has 6 nitrogen and oxygen atoms in total. The fourth-order valence-electron chi connectivity index (χ4n) is 5.48. The summed E-state index contributed by atoms with van der Waals surface area (Å²) in [5.74, 6) is 1.16. The third-order valence-electron chi connectivity index (χ3n) is 8.01. The van der Waals surface area contributed by atoms with E-state index in [0.717, 1.165) is 73.2 Å². The number of unbranched alkanes of at least 4 members (excludes halogenated alkanes) is 1. The van der Waals surface area contributed by atoms with E-state index in [1.165, 1.54) is 6.42 Å². The molecule has 6 heteroatoms. The van der Waals surface area contributed by atoms with Gasteiger partial charge in [0, 0.05) is 12.0 Å². The molecule has 1 aliphatic heterocycles. The lowest BCUT2D eigenvalue weighted by molar-refractivity contribution is -0.147. The molecule has 4 rings (SSSR count). The van der Waals surface area contributed by atoms with E-state index < -0.39 is 16.9 Å². The monoisotopic (exact) mass is 518 g/mol. The maximum Gasteiger partial charge on any atom is 0.309 e. The van der Waals surface area contributed by atoms with Gasteiger partial charge in [0.1, 0.15) is 17.1 Å². The van der Waals surface area contributed by atoms with E-state index in [-0.39, 0.29) is 5.91 Å². The van der Waals surface area contributed by atoms with Crippen LogP contribution >= 0.6 is 0 Å². The number of amides is 1. The molecule has 2 aromatic rings. The third kappa shape index (κ3) is 6.28. The van der Waals surface area contributed by atoms with Gasteiger partial charge in [0.2, 0.25) is 0 Å². The minimum absolute atomic E-state index is 0.192. The van der Waals surface area contributed by atoms with Crippen LogP contribution in [0.3, 0.4) is 0 Å². The van der Waals surface area contributed by atoms with Gasteiger partial charge < -0.3 is 9.84 Å². The molecule has 1 amide bonds. The summed E-state index contributed by atoms with van der Waals surface area (Å²) in [6.45, 7) is 6.68. The SMILES string of the molecule is CCCCC1=NC2(CCCCC2)C(=O)N1Cc1ccc(-c2ccccc2OCCCC(C)(C)C(=O)O)cc1. The van der Waals surface area contributed by atoms with Crippen LogP contribution in [-0.2, 0) is 16.1 Å². The second-order valence-corrected chi connectivity index (χ2v) is 11.4. The second kappa shape index (κ2) is 12.1. The number of carbonyl (C=O) groups is 2. The molecule has 2 aromatic carbocycles.